The topological polar surface area (TPSA) is 67.2 Å². The molecule has 0 aromatic carbocycles. The lowest BCUT2D eigenvalue weighted by molar-refractivity contribution is 0.0921. The molecule has 5 heteroatoms. The first-order valence-electron chi connectivity index (χ1n) is 8.08. The zero-order valence-electron chi connectivity index (χ0n) is 13.7. The normalized spacial score (nSPS) is 17.0. The monoisotopic (exact) mass is 313 g/mol. The van der Waals surface area contributed by atoms with Crippen LogP contribution >= 0.6 is 0 Å². The first-order chi connectivity index (χ1) is 11.1. The highest BCUT2D eigenvalue weighted by molar-refractivity contribution is 5.95. The van der Waals surface area contributed by atoms with E-state index in [-0.39, 0.29) is 11.3 Å². The summed E-state index contributed by atoms with van der Waals surface area (Å²) < 4.78 is 5.35. The quantitative estimate of drug-likeness (QED) is 0.911. The average Bonchev–Trinajstić information content (AvgIpc) is 3.08. The van der Waals surface area contributed by atoms with Crippen LogP contribution in [0.3, 0.4) is 0 Å². The van der Waals surface area contributed by atoms with E-state index in [1.165, 1.54) is 0 Å². The number of nitrogens with zero attached hydrogens (tertiary/aromatic N) is 1. The minimum Gasteiger partial charge on any atom is -0.463 e. The van der Waals surface area contributed by atoms with Crippen LogP contribution in [-0.2, 0) is 0 Å². The Labute approximate surface area is 136 Å². The minimum atomic E-state index is -0.0549. The second kappa shape index (κ2) is 6.54. The van der Waals surface area contributed by atoms with Crippen molar-refractivity contribution in [2.45, 2.75) is 26.7 Å². The minimum absolute atomic E-state index is 0.0549. The summed E-state index contributed by atoms with van der Waals surface area (Å²) in [4.78, 5) is 16.9. The number of furan rings is 1. The summed E-state index contributed by atoms with van der Waals surface area (Å²) in [5, 5.41) is 6.43. The van der Waals surface area contributed by atoms with E-state index in [2.05, 4.69) is 22.5 Å². The summed E-state index contributed by atoms with van der Waals surface area (Å²) in [5.41, 5.74) is 2.26. The molecule has 0 atom stereocenters. The van der Waals surface area contributed by atoms with Gasteiger partial charge in [0.2, 0.25) is 0 Å². The average molecular weight is 313 g/mol. The number of rotatable bonds is 4. The van der Waals surface area contributed by atoms with Gasteiger partial charge in [0.15, 0.2) is 5.76 Å². The lowest BCUT2D eigenvalue weighted by atomic mass is 9.81. The van der Waals surface area contributed by atoms with Crippen LogP contribution in [0.1, 0.15) is 35.8 Å². The summed E-state index contributed by atoms with van der Waals surface area (Å²) in [7, 11) is 0. The number of hydrogen-bond acceptors (Lipinski definition) is 4. The SMILES string of the molecule is Cc1nc(-c2ccco2)ccc1C(=O)NCC1(C)CCNCC1. The third-order valence-corrected chi connectivity index (χ3v) is 4.59. The summed E-state index contributed by atoms with van der Waals surface area (Å²) in [5.74, 6) is 0.656. The van der Waals surface area contributed by atoms with Crippen molar-refractivity contribution < 1.29 is 9.21 Å². The van der Waals surface area contributed by atoms with E-state index in [4.69, 9.17) is 4.42 Å². The van der Waals surface area contributed by atoms with Gasteiger partial charge in [-0.3, -0.25) is 4.79 Å². The summed E-state index contributed by atoms with van der Waals surface area (Å²) in [6, 6.07) is 7.33. The molecule has 1 saturated heterocycles. The summed E-state index contributed by atoms with van der Waals surface area (Å²) in [6.07, 6.45) is 3.79. The number of aromatic nitrogens is 1. The third-order valence-electron chi connectivity index (χ3n) is 4.59. The van der Waals surface area contributed by atoms with Crippen LogP contribution in [-0.4, -0.2) is 30.5 Å². The summed E-state index contributed by atoms with van der Waals surface area (Å²) >= 11 is 0. The molecular formula is C18H23N3O2. The van der Waals surface area contributed by atoms with E-state index in [0.29, 0.717) is 23.6 Å². The van der Waals surface area contributed by atoms with Crippen molar-refractivity contribution in [3.8, 4) is 11.5 Å². The molecule has 0 aliphatic carbocycles. The number of pyridine rings is 1. The van der Waals surface area contributed by atoms with Crippen LogP contribution in [0, 0.1) is 12.3 Å². The Morgan fingerprint density at radius 3 is 2.78 bits per heavy atom. The fourth-order valence-electron chi connectivity index (χ4n) is 2.96. The molecule has 1 aliphatic rings. The fraction of sp³-hybridized carbons (Fsp3) is 0.444. The molecule has 0 radical (unpaired) electrons. The van der Waals surface area contributed by atoms with Crippen LogP contribution in [0.2, 0.25) is 0 Å². The fourth-order valence-corrected chi connectivity index (χ4v) is 2.96. The van der Waals surface area contributed by atoms with Crippen molar-refractivity contribution in [2.75, 3.05) is 19.6 Å². The zero-order valence-corrected chi connectivity index (χ0v) is 13.7. The van der Waals surface area contributed by atoms with Gasteiger partial charge in [0.05, 0.1) is 17.5 Å². The second-order valence-electron chi connectivity index (χ2n) is 6.55. The Kier molecular flexibility index (Phi) is 4.48. The van der Waals surface area contributed by atoms with Crippen LogP contribution in [0.15, 0.2) is 34.9 Å². The smallest absolute Gasteiger partial charge is 0.253 e. The van der Waals surface area contributed by atoms with Gasteiger partial charge in [-0.25, -0.2) is 4.98 Å². The Bertz CT molecular complexity index is 674. The molecule has 5 nitrogen and oxygen atoms in total. The lowest BCUT2D eigenvalue weighted by Crippen LogP contribution is -2.43. The van der Waals surface area contributed by atoms with Gasteiger partial charge < -0.3 is 15.1 Å². The molecule has 0 unspecified atom stereocenters. The maximum absolute atomic E-state index is 12.5. The third kappa shape index (κ3) is 3.62. The first-order valence-corrected chi connectivity index (χ1v) is 8.08. The van der Waals surface area contributed by atoms with Gasteiger partial charge in [-0.2, -0.15) is 0 Å². The van der Waals surface area contributed by atoms with Crippen molar-refractivity contribution in [2.24, 2.45) is 5.41 Å². The lowest BCUT2D eigenvalue weighted by Gasteiger charge is -2.34. The van der Waals surface area contributed by atoms with Gasteiger partial charge in [-0.1, -0.05) is 6.92 Å². The molecule has 2 aromatic rings. The van der Waals surface area contributed by atoms with Crippen LogP contribution in [0.5, 0.6) is 0 Å². The van der Waals surface area contributed by atoms with Crippen molar-refractivity contribution in [1.82, 2.24) is 15.6 Å². The van der Waals surface area contributed by atoms with Gasteiger partial charge in [0.1, 0.15) is 5.69 Å². The van der Waals surface area contributed by atoms with Gasteiger partial charge in [0, 0.05) is 6.54 Å². The molecule has 1 fully saturated rings. The highest BCUT2D eigenvalue weighted by Crippen LogP contribution is 2.27. The van der Waals surface area contributed by atoms with Crippen LogP contribution in [0.4, 0.5) is 0 Å². The number of carbonyl (C=O) groups is 1. The molecule has 1 amide bonds. The van der Waals surface area contributed by atoms with Crippen LogP contribution < -0.4 is 10.6 Å². The van der Waals surface area contributed by atoms with E-state index < -0.39 is 0 Å². The highest BCUT2D eigenvalue weighted by Gasteiger charge is 2.27. The van der Waals surface area contributed by atoms with Crippen molar-refractivity contribution in [1.29, 1.82) is 0 Å². The van der Waals surface area contributed by atoms with Crippen molar-refractivity contribution in [3.63, 3.8) is 0 Å². The maximum atomic E-state index is 12.5. The number of aryl methyl sites for hydroxylation is 1. The van der Waals surface area contributed by atoms with E-state index in [0.717, 1.165) is 31.6 Å². The number of piperidine rings is 1. The van der Waals surface area contributed by atoms with Gasteiger partial charge in [-0.05, 0) is 62.5 Å². The Morgan fingerprint density at radius 2 is 2.13 bits per heavy atom. The maximum Gasteiger partial charge on any atom is 0.253 e. The Morgan fingerprint density at radius 1 is 1.35 bits per heavy atom. The Hall–Kier alpha value is -2.14. The number of amides is 1. The van der Waals surface area contributed by atoms with E-state index in [1.807, 2.05) is 31.2 Å². The molecule has 0 bridgehead atoms. The predicted octanol–water partition coefficient (Wildman–Crippen LogP) is 2.77. The molecule has 0 spiro atoms. The molecule has 3 rings (SSSR count). The van der Waals surface area contributed by atoms with E-state index in [1.54, 1.807) is 6.26 Å². The molecule has 0 saturated carbocycles. The number of hydrogen-bond donors (Lipinski definition) is 2. The van der Waals surface area contributed by atoms with E-state index >= 15 is 0 Å². The standard InChI is InChI=1S/C18H23N3O2/c1-13-14(5-6-15(21-13)16-4-3-11-23-16)17(22)20-12-18(2)7-9-19-10-8-18/h3-6,11,19H,7-10,12H2,1-2H3,(H,20,22). The molecule has 122 valence electrons. The first kappa shape index (κ1) is 15.7. The van der Waals surface area contributed by atoms with Crippen LogP contribution in [0.25, 0.3) is 11.5 Å². The molecule has 1 aliphatic heterocycles. The van der Waals surface area contributed by atoms with Crippen molar-refractivity contribution >= 4 is 5.91 Å². The van der Waals surface area contributed by atoms with Gasteiger partial charge in [0.25, 0.3) is 5.91 Å². The molecular weight excluding hydrogens is 290 g/mol. The second-order valence-corrected chi connectivity index (χ2v) is 6.55. The number of nitrogens with one attached hydrogen (secondary N) is 2. The largest absolute Gasteiger partial charge is 0.463 e. The van der Waals surface area contributed by atoms with Gasteiger partial charge in [-0.15, -0.1) is 0 Å². The Balaban J connectivity index is 1.67. The zero-order chi connectivity index (χ0) is 16.3. The van der Waals surface area contributed by atoms with Gasteiger partial charge >= 0.3 is 0 Å². The predicted molar refractivity (Wildman–Crippen MR) is 89.2 cm³/mol. The summed E-state index contributed by atoms with van der Waals surface area (Å²) in [6.45, 7) is 6.83. The molecule has 23 heavy (non-hydrogen) atoms. The highest BCUT2D eigenvalue weighted by atomic mass is 16.3. The molecule has 2 N–H and O–H groups in total. The molecule has 2 aromatic heterocycles. The van der Waals surface area contributed by atoms with Crippen molar-refractivity contribution in [3.05, 3.63) is 41.8 Å². The molecule has 3 heterocycles. The number of carbonyl (C=O) groups excluding carboxylic acids is 1. The van der Waals surface area contributed by atoms with E-state index in [9.17, 15) is 4.79 Å².